The fraction of sp³-hybridized carbons (Fsp3) is 0.647. The van der Waals surface area contributed by atoms with Gasteiger partial charge in [-0.3, -0.25) is 24.3 Å². The number of likely N-dealkylation sites (N-methyl/N-ethyl adjacent to an activating group) is 1. The molecular weight excluding hydrogens is 310 g/mol. The molecule has 7 heteroatoms. The molecule has 1 heterocycles. The lowest BCUT2D eigenvalue weighted by atomic mass is 9.94. The Kier molecular flexibility index (Phi) is 5.75. The SMILES string of the molecule is CCN(C(=O)Cn1c(C)cc(C)c([N+](=O)[O-])c1=O)C1CCCCC1. The van der Waals surface area contributed by atoms with Crippen molar-refractivity contribution < 1.29 is 9.72 Å². The number of amides is 1. The summed E-state index contributed by atoms with van der Waals surface area (Å²) < 4.78 is 1.22. The second kappa shape index (κ2) is 7.59. The van der Waals surface area contributed by atoms with E-state index < -0.39 is 16.2 Å². The van der Waals surface area contributed by atoms with E-state index in [0.29, 0.717) is 17.8 Å². The van der Waals surface area contributed by atoms with E-state index >= 15 is 0 Å². The van der Waals surface area contributed by atoms with Crippen LogP contribution in [-0.4, -0.2) is 32.9 Å². The number of pyridine rings is 1. The van der Waals surface area contributed by atoms with Crippen molar-refractivity contribution in [2.75, 3.05) is 6.54 Å². The summed E-state index contributed by atoms with van der Waals surface area (Å²) in [5.41, 5.74) is -0.262. The van der Waals surface area contributed by atoms with Crippen LogP contribution in [0.5, 0.6) is 0 Å². The number of carbonyl (C=O) groups is 1. The number of hydrogen-bond acceptors (Lipinski definition) is 4. The second-order valence-corrected chi connectivity index (χ2v) is 6.44. The third-order valence-corrected chi connectivity index (χ3v) is 4.82. The first-order valence-electron chi connectivity index (χ1n) is 8.51. The normalized spacial score (nSPS) is 15.3. The van der Waals surface area contributed by atoms with Gasteiger partial charge in [0, 0.05) is 23.8 Å². The summed E-state index contributed by atoms with van der Waals surface area (Å²) in [6.07, 6.45) is 5.40. The molecule has 0 radical (unpaired) electrons. The molecule has 1 aliphatic carbocycles. The number of hydrogen-bond donors (Lipinski definition) is 0. The van der Waals surface area contributed by atoms with E-state index in [1.807, 2.05) is 11.8 Å². The van der Waals surface area contributed by atoms with Gasteiger partial charge in [-0.2, -0.15) is 0 Å². The standard InChI is InChI=1S/C17H25N3O4/c1-4-18(14-8-6-5-7-9-14)15(21)11-19-13(3)10-12(2)16(17(19)22)20(23)24/h10,14H,4-9,11H2,1-3H3. The average Bonchev–Trinajstić information content (AvgIpc) is 2.52. The molecule has 0 bridgehead atoms. The topological polar surface area (TPSA) is 85.4 Å². The van der Waals surface area contributed by atoms with Gasteiger partial charge in [-0.15, -0.1) is 0 Å². The number of aromatic nitrogens is 1. The van der Waals surface area contributed by atoms with Crippen molar-refractivity contribution in [2.24, 2.45) is 0 Å². The molecule has 1 amide bonds. The molecule has 0 aliphatic heterocycles. The molecule has 1 aromatic rings. The molecule has 0 unspecified atom stereocenters. The lowest BCUT2D eigenvalue weighted by Crippen LogP contribution is -2.44. The summed E-state index contributed by atoms with van der Waals surface area (Å²) in [5, 5.41) is 11.1. The highest BCUT2D eigenvalue weighted by molar-refractivity contribution is 5.76. The van der Waals surface area contributed by atoms with Crippen LogP contribution in [0.4, 0.5) is 5.69 Å². The van der Waals surface area contributed by atoms with Crippen LogP contribution < -0.4 is 5.56 Å². The molecule has 0 saturated heterocycles. The van der Waals surface area contributed by atoms with Gasteiger partial charge in [-0.1, -0.05) is 19.3 Å². The molecule has 0 N–H and O–H groups in total. The van der Waals surface area contributed by atoms with Crippen LogP contribution in [0, 0.1) is 24.0 Å². The van der Waals surface area contributed by atoms with Crippen molar-refractivity contribution in [1.29, 1.82) is 0 Å². The van der Waals surface area contributed by atoms with Gasteiger partial charge in [-0.25, -0.2) is 0 Å². The first-order chi connectivity index (χ1) is 11.4. The molecule has 0 aromatic carbocycles. The molecule has 1 aliphatic rings. The van der Waals surface area contributed by atoms with Crippen molar-refractivity contribution >= 4 is 11.6 Å². The zero-order valence-electron chi connectivity index (χ0n) is 14.6. The van der Waals surface area contributed by atoms with Crippen molar-refractivity contribution in [3.63, 3.8) is 0 Å². The summed E-state index contributed by atoms with van der Waals surface area (Å²) in [6.45, 7) is 5.61. The van der Waals surface area contributed by atoms with Crippen LogP contribution in [0.1, 0.15) is 50.3 Å². The molecule has 24 heavy (non-hydrogen) atoms. The summed E-state index contributed by atoms with van der Waals surface area (Å²) in [4.78, 5) is 37.4. The molecule has 1 aromatic heterocycles. The van der Waals surface area contributed by atoms with Gasteiger partial charge in [-0.05, 0) is 39.7 Å². The third-order valence-electron chi connectivity index (χ3n) is 4.82. The fourth-order valence-corrected chi connectivity index (χ4v) is 3.59. The smallest absolute Gasteiger partial charge is 0.336 e. The molecule has 0 spiro atoms. The van der Waals surface area contributed by atoms with Gasteiger partial charge in [0.05, 0.1) is 4.92 Å². The minimum atomic E-state index is -0.703. The van der Waals surface area contributed by atoms with E-state index in [1.165, 1.54) is 11.0 Å². The quantitative estimate of drug-likeness (QED) is 0.611. The average molecular weight is 335 g/mol. The van der Waals surface area contributed by atoms with Crippen LogP contribution in [0.3, 0.4) is 0 Å². The Bertz CT molecular complexity index is 690. The number of rotatable bonds is 5. The molecule has 2 rings (SSSR count). The van der Waals surface area contributed by atoms with Crippen molar-refractivity contribution in [3.8, 4) is 0 Å². The minimum absolute atomic E-state index is 0.143. The van der Waals surface area contributed by atoms with E-state index in [-0.39, 0.29) is 18.5 Å². The summed E-state index contributed by atoms with van der Waals surface area (Å²) >= 11 is 0. The Morgan fingerprint density at radius 1 is 1.33 bits per heavy atom. The lowest BCUT2D eigenvalue weighted by molar-refractivity contribution is -0.387. The molecule has 132 valence electrons. The summed E-state index contributed by atoms with van der Waals surface area (Å²) in [6, 6.07) is 1.80. The number of aryl methyl sites for hydroxylation is 2. The summed E-state index contributed by atoms with van der Waals surface area (Å²) in [7, 11) is 0. The van der Waals surface area contributed by atoms with Gasteiger partial charge < -0.3 is 4.90 Å². The van der Waals surface area contributed by atoms with Crippen molar-refractivity contribution in [3.05, 3.63) is 37.8 Å². The highest BCUT2D eigenvalue weighted by Crippen LogP contribution is 2.23. The van der Waals surface area contributed by atoms with E-state index in [1.54, 1.807) is 19.9 Å². The highest BCUT2D eigenvalue weighted by Gasteiger charge is 2.26. The number of nitrogens with zero attached hydrogens (tertiary/aromatic N) is 3. The lowest BCUT2D eigenvalue weighted by Gasteiger charge is -2.34. The van der Waals surface area contributed by atoms with Gasteiger partial charge in [0.15, 0.2) is 0 Å². The summed E-state index contributed by atoms with van der Waals surface area (Å²) in [5.74, 6) is -0.146. The zero-order valence-corrected chi connectivity index (χ0v) is 14.6. The predicted molar refractivity (Wildman–Crippen MR) is 91.1 cm³/mol. The Morgan fingerprint density at radius 3 is 2.50 bits per heavy atom. The first-order valence-corrected chi connectivity index (χ1v) is 8.51. The van der Waals surface area contributed by atoms with Crippen molar-refractivity contribution in [2.45, 2.75) is 65.5 Å². The van der Waals surface area contributed by atoms with Crippen LogP contribution in [0.15, 0.2) is 10.9 Å². The molecule has 7 nitrogen and oxygen atoms in total. The van der Waals surface area contributed by atoms with E-state index in [2.05, 4.69) is 0 Å². The molecule has 0 atom stereocenters. The van der Waals surface area contributed by atoms with Crippen molar-refractivity contribution in [1.82, 2.24) is 9.47 Å². The van der Waals surface area contributed by atoms with E-state index in [0.717, 1.165) is 25.7 Å². The van der Waals surface area contributed by atoms with Gasteiger partial charge >= 0.3 is 11.2 Å². The molecular formula is C17H25N3O4. The van der Waals surface area contributed by atoms with E-state index in [4.69, 9.17) is 0 Å². The largest absolute Gasteiger partial charge is 0.338 e. The Balaban J connectivity index is 2.29. The fourth-order valence-electron chi connectivity index (χ4n) is 3.59. The zero-order chi connectivity index (χ0) is 17.9. The van der Waals surface area contributed by atoms with Gasteiger partial charge in [0.25, 0.3) is 0 Å². The van der Waals surface area contributed by atoms with Crippen LogP contribution in [-0.2, 0) is 11.3 Å². The Labute approximate surface area is 141 Å². The Hall–Kier alpha value is -2.18. The van der Waals surface area contributed by atoms with Gasteiger partial charge in [0.1, 0.15) is 6.54 Å². The first kappa shape index (κ1) is 18.2. The maximum absolute atomic E-state index is 12.7. The Morgan fingerprint density at radius 2 is 1.96 bits per heavy atom. The second-order valence-electron chi connectivity index (χ2n) is 6.44. The van der Waals surface area contributed by atoms with Crippen LogP contribution in [0.2, 0.25) is 0 Å². The predicted octanol–water partition coefficient (Wildman–Crippen LogP) is 2.55. The third kappa shape index (κ3) is 3.66. The number of nitro groups is 1. The van der Waals surface area contributed by atoms with Crippen LogP contribution >= 0.6 is 0 Å². The monoisotopic (exact) mass is 335 g/mol. The van der Waals surface area contributed by atoms with Crippen LogP contribution in [0.25, 0.3) is 0 Å². The van der Waals surface area contributed by atoms with Gasteiger partial charge in [0.2, 0.25) is 5.91 Å². The minimum Gasteiger partial charge on any atom is -0.338 e. The molecule has 1 fully saturated rings. The highest BCUT2D eigenvalue weighted by atomic mass is 16.6. The van der Waals surface area contributed by atoms with E-state index in [9.17, 15) is 19.7 Å². The molecule has 1 saturated carbocycles. The maximum Gasteiger partial charge on any atom is 0.336 e. The number of carbonyl (C=O) groups excluding carboxylic acids is 1. The maximum atomic E-state index is 12.7.